The van der Waals surface area contributed by atoms with Crippen molar-refractivity contribution in [1.29, 1.82) is 0 Å². The Morgan fingerprint density at radius 3 is 2.71 bits per heavy atom. The molecule has 0 heterocycles. The molecule has 0 radical (unpaired) electrons. The summed E-state index contributed by atoms with van der Waals surface area (Å²) in [6.45, 7) is 2.28. The number of hydrogen-bond acceptors (Lipinski definition) is 1. The molecule has 2 atom stereocenters. The van der Waals surface area contributed by atoms with E-state index < -0.39 is 0 Å². The standard InChI is InChI=1S/C13H18O/c1-10-5-2-3-6-11(10)9-12-7-4-8-13(12)14/h2-3,9-11H,4-8H2,1H3. The monoisotopic (exact) mass is 190 g/mol. The minimum atomic E-state index is 0.395. The molecule has 0 N–H and O–H groups in total. The second-order valence-corrected chi connectivity index (χ2v) is 4.55. The molecule has 0 aliphatic heterocycles. The number of Topliss-reactive ketones (excluding diaryl/α,β-unsaturated/α-hetero) is 1. The molecule has 76 valence electrons. The Hall–Kier alpha value is -0.850. The molecule has 2 aliphatic carbocycles. The number of allylic oxidation sites excluding steroid dienone is 4. The third kappa shape index (κ3) is 1.97. The Morgan fingerprint density at radius 1 is 1.29 bits per heavy atom. The molecular weight excluding hydrogens is 172 g/mol. The van der Waals surface area contributed by atoms with Gasteiger partial charge < -0.3 is 0 Å². The van der Waals surface area contributed by atoms with Gasteiger partial charge in [0.05, 0.1) is 0 Å². The second-order valence-electron chi connectivity index (χ2n) is 4.55. The van der Waals surface area contributed by atoms with Crippen LogP contribution in [0.5, 0.6) is 0 Å². The summed E-state index contributed by atoms with van der Waals surface area (Å²) in [6.07, 6.45) is 11.9. The average molecular weight is 190 g/mol. The highest BCUT2D eigenvalue weighted by Gasteiger charge is 2.21. The Labute approximate surface area is 85.9 Å². The molecule has 1 heteroatoms. The van der Waals surface area contributed by atoms with Gasteiger partial charge in [0.25, 0.3) is 0 Å². The zero-order valence-corrected chi connectivity index (χ0v) is 8.83. The predicted octanol–water partition coefficient (Wildman–Crippen LogP) is 3.27. The molecule has 0 aromatic heterocycles. The third-order valence-electron chi connectivity index (χ3n) is 3.44. The summed E-state index contributed by atoms with van der Waals surface area (Å²) in [7, 11) is 0. The molecule has 2 unspecified atom stereocenters. The normalized spacial score (nSPS) is 35.5. The Bertz CT molecular complexity index is 286. The van der Waals surface area contributed by atoms with Crippen LogP contribution in [0.25, 0.3) is 0 Å². The highest BCUT2D eigenvalue weighted by atomic mass is 16.1. The highest BCUT2D eigenvalue weighted by molar-refractivity contribution is 5.97. The molecule has 1 saturated carbocycles. The fourth-order valence-electron chi connectivity index (χ4n) is 2.38. The minimum Gasteiger partial charge on any atom is -0.295 e. The topological polar surface area (TPSA) is 17.1 Å². The van der Waals surface area contributed by atoms with Crippen molar-refractivity contribution < 1.29 is 4.79 Å². The van der Waals surface area contributed by atoms with Crippen LogP contribution in [-0.4, -0.2) is 5.78 Å². The van der Waals surface area contributed by atoms with Crippen LogP contribution in [0.2, 0.25) is 0 Å². The molecular formula is C13H18O. The number of hydrogen-bond donors (Lipinski definition) is 0. The lowest BCUT2D eigenvalue weighted by Gasteiger charge is -2.22. The first-order valence-electron chi connectivity index (χ1n) is 5.66. The van der Waals surface area contributed by atoms with E-state index in [0.29, 0.717) is 17.6 Å². The lowest BCUT2D eigenvalue weighted by Crippen LogP contribution is -2.12. The van der Waals surface area contributed by atoms with Crippen molar-refractivity contribution in [2.45, 2.75) is 39.0 Å². The largest absolute Gasteiger partial charge is 0.295 e. The summed E-state index contributed by atoms with van der Waals surface area (Å²) in [5, 5.41) is 0. The summed E-state index contributed by atoms with van der Waals surface area (Å²) in [4.78, 5) is 11.5. The molecule has 2 rings (SSSR count). The molecule has 0 aromatic rings. The number of carbonyl (C=O) groups excluding carboxylic acids is 1. The van der Waals surface area contributed by atoms with E-state index in [9.17, 15) is 4.79 Å². The van der Waals surface area contributed by atoms with Gasteiger partial charge in [-0.25, -0.2) is 0 Å². The maximum Gasteiger partial charge on any atom is 0.158 e. The van der Waals surface area contributed by atoms with Crippen LogP contribution in [0, 0.1) is 11.8 Å². The van der Waals surface area contributed by atoms with Crippen molar-refractivity contribution in [3.05, 3.63) is 23.8 Å². The van der Waals surface area contributed by atoms with Crippen molar-refractivity contribution >= 4 is 5.78 Å². The van der Waals surface area contributed by atoms with Crippen LogP contribution in [-0.2, 0) is 4.79 Å². The summed E-state index contributed by atoms with van der Waals surface area (Å²) in [6, 6.07) is 0. The van der Waals surface area contributed by atoms with Crippen LogP contribution in [0.15, 0.2) is 23.8 Å². The van der Waals surface area contributed by atoms with E-state index in [4.69, 9.17) is 0 Å². The molecule has 2 aliphatic rings. The van der Waals surface area contributed by atoms with Gasteiger partial charge in [-0.1, -0.05) is 25.2 Å². The van der Waals surface area contributed by atoms with E-state index in [2.05, 4.69) is 25.2 Å². The fraction of sp³-hybridized carbons (Fsp3) is 0.615. The first-order valence-corrected chi connectivity index (χ1v) is 5.66. The maximum absolute atomic E-state index is 11.5. The van der Waals surface area contributed by atoms with E-state index in [0.717, 1.165) is 31.3 Å². The van der Waals surface area contributed by atoms with Gasteiger partial charge in [0.1, 0.15) is 0 Å². The zero-order valence-electron chi connectivity index (χ0n) is 8.83. The van der Waals surface area contributed by atoms with Crippen molar-refractivity contribution in [2.24, 2.45) is 11.8 Å². The lowest BCUT2D eigenvalue weighted by molar-refractivity contribution is -0.114. The van der Waals surface area contributed by atoms with Crippen molar-refractivity contribution in [1.82, 2.24) is 0 Å². The Balaban J connectivity index is 2.08. The molecule has 0 amide bonds. The molecule has 0 saturated heterocycles. The van der Waals surface area contributed by atoms with Gasteiger partial charge in [-0.3, -0.25) is 4.79 Å². The molecule has 0 spiro atoms. The second kappa shape index (κ2) is 4.12. The SMILES string of the molecule is CC1CC=CCC1C=C1CCCC1=O. The van der Waals surface area contributed by atoms with Crippen LogP contribution in [0.1, 0.15) is 39.0 Å². The minimum absolute atomic E-state index is 0.395. The van der Waals surface area contributed by atoms with Gasteiger partial charge >= 0.3 is 0 Å². The summed E-state index contributed by atoms with van der Waals surface area (Å²) < 4.78 is 0. The van der Waals surface area contributed by atoms with E-state index in [1.165, 1.54) is 6.42 Å². The quantitative estimate of drug-likeness (QED) is 0.458. The molecule has 1 fully saturated rings. The lowest BCUT2D eigenvalue weighted by atomic mass is 9.83. The van der Waals surface area contributed by atoms with Crippen molar-refractivity contribution in [2.75, 3.05) is 0 Å². The summed E-state index contributed by atoms with van der Waals surface area (Å²) in [5.41, 5.74) is 1.11. The fourth-order valence-corrected chi connectivity index (χ4v) is 2.38. The first kappa shape index (κ1) is 9.70. The van der Waals surface area contributed by atoms with Crippen LogP contribution >= 0.6 is 0 Å². The van der Waals surface area contributed by atoms with Crippen molar-refractivity contribution in [3.63, 3.8) is 0 Å². The van der Waals surface area contributed by atoms with E-state index in [1.54, 1.807) is 0 Å². The van der Waals surface area contributed by atoms with Crippen LogP contribution in [0.3, 0.4) is 0 Å². The van der Waals surface area contributed by atoms with E-state index in [-0.39, 0.29) is 0 Å². The number of rotatable bonds is 1. The summed E-state index contributed by atoms with van der Waals surface area (Å²) in [5.74, 6) is 1.71. The van der Waals surface area contributed by atoms with Crippen LogP contribution in [0.4, 0.5) is 0 Å². The van der Waals surface area contributed by atoms with E-state index in [1.807, 2.05) is 0 Å². The first-order chi connectivity index (χ1) is 6.77. The molecule has 14 heavy (non-hydrogen) atoms. The van der Waals surface area contributed by atoms with Gasteiger partial charge in [0.15, 0.2) is 5.78 Å². The molecule has 0 aromatic carbocycles. The molecule has 1 nitrogen and oxygen atoms in total. The van der Waals surface area contributed by atoms with Gasteiger partial charge in [-0.15, -0.1) is 0 Å². The van der Waals surface area contributed by atoms with Gasteiger partial charge in [-0.05, 0) is 43.1 Å². The number of ketones is 1. The third-order valence-corrected chi connectivity index (χ3v) is 3.44. The Morgan fingerprint density at radius 2 is 2.07 bits per heavy atom. The smallest absolute Gasteiger partial charge is 0.158 e. The van der Waals surface area contributed by atoms with Gasteiger partial charge in [-0.2, -0.15) is 0 Å². The van der Waals surface area contributed by atoms with E-state index >= 15 is 0 Å². The van der Waals surface area contributed by atoms with Crippen molar-refractivity contribution in [3.8, 4) is 0 Å². The zero-order chi connectivity index (χ0) is 9.97. The van der Waals surface area contributed by atoms with Gasteiger partial charge in [0, 0.05) is 6.42 Å². The average Bonchev–Trinajstić information content (AvgIpc) is 2.56. The highest BCUT2D eigenvalue weighted by Crippen LogP contribution is 2.30. The molecule has 0 bridgehead atoms. The number of carbonyl (C=O) groups is 1. The summed E-state index contributed by atoms with van der Waals surface area (Å²) >= 11 is 0. The van der Waals surface area contributed by atoms with Gasteiger partial charge in [0.2, 0.25) is 0 Å². The Kier molecular flexibility index (Phi) is 2.85. The van der Waals surface area contributed by atoms with Crippen LogP contribution < -0.4 is 0 Å². The predicted molar refractivity (Wildman–Crippen MR) is 58.0 cm³/mol. The maximum atomic E-state index is 11.5.